The van der Waals surface area contributed by atoms with E-state index in [1.165, 1.54) is 11.3 Å². The second-order valence-corrected chi connectivity index (χ2v) is 7.48. The zero-order valence-corrected chi connectivity index (χ0v) is 16.3. The Morgan fingerprint density at radius 3 is 2.57 bits per heavy atom. The van der Waals surface area contributed by atoms with E-state index in [4.69, 9.17) is 9.47 Å². The summed E-state index contributed by atoms with van der Waals surface area (Å²) in [5.74, 6) is 0.772. The predicted molar refractivity (Wildman–Crippen MR) is 108 cm³/mol. The molecule has 0 unspecified atom stereocenters. The van der Waals surface area contributed by atoms with E-state index in [9.17, 15) is 9.59 Å². The van der Waals surface area contributed by atoms with E-state index >= 15 is 0 Å². The number of nitrogens with one attached hydrogen (secondary N) is 1. The summed E-state index contributed by atoms with van der Waals surface area (Å²) < 4.78 is 11.3. The van der Waals surface area contributed by atoms with Gasteiger partial charge in [-0.1, -0.05) is 11.3 Å². The molecule has 1 aliphatic heterocycles. The highest BCUT2D eigenvalue weighted by molar-refractivity contribution is 7.22. The van der Waals surface area contributed by atoms with Gasteiger partial charge in [0.15, 0.2) is 5.13 Å². The summed E-state index contributed by atoms with van der Waals surface area (Å²) in [5.41, 5.74) is 1.55. The first-order valence-electron chi connectivity index (χ1n) is 8.77. The number of ether oxygens (including phenoxy) is 2. The SMILES string of the molecule is COc1ccc(N2C[C@@H](C(=O)Nc3nc4ccc(OC)cc4s3)CC2=O)cc1. The molecule has 4 rings (SSSR count). The topological polar surface area (TPSA) is 80.8 Å². The van der Waals surface area contributed by atoms with Crippen molar-refractivity contribution in [3.05, 3.63) is 42.5 Å². The molecule has 1 aliphatic rings. The Kier molecular flexibility index (Phi) is 4.87. The van der Waals surface area contributed by atoms with Crippen molar-refractivity contribution in [1.29, 1.82) is 0 Å². The van der Waals surface area contributed by atoms with Gasteiger partial charge in [0.25, 0.3) is 0 Å². The van der Waals surface area contributed by atoms with Crippen LogP contribution in [0.5, 0.6) is 11.5 Å². The van der Waals surface area contributed by atoms with Crippen LogP contribution >= 0.6 is 11.3 Å². The molecular weight excluding hydrogens is 378 g/mol. The van der Waals surface area contributed by atoms with Crippen LogP contribution in [-0.2, 0) is 9.59 Å². The highest BCUT2D eigenvalue weighted by Gasteiger charge is 2.35. The summed E-state index contributed by atoms with van der Waals surface area (Å²) >= 11 is 1.38. The number of rotatable bonds is 5. The number of carbonyl (C=O) groups excluding carboxylic acids is 2. The van der Waals surface area contributed by atoms with Gasteiger partial charge in [-0.05, 0) is 42.5 Å². The predicted octanol–water partition coefficient (Wildman–Crippen LogP) is 3.31. The van der Waals surface area contributed by atoms with E-state index in [2.05, 4.69) is 10.3 Å². The fraction of sp³-hybridized carbons (Fsp3) is 0.250. The number of amides is 2. The number of nitrogens with zero attached hydrogens (tertiary/aromatic N) is 2. The maximum absolute atomic E-state index is 12.7. The lowest BCUT2D eigenvalue weighted by Crippen LogP contribution is -2.28. The van der Waals surface area contributed by atoms with Crippen LogP contribution < -0.4 is 19.7 Å². The van der Waals surface area contributed by atoms with Gasteiger partial charge in [0.1, 0.15) is 11.5 Å². The number of anilines is 2. The van der Waals surface area contributed by atoms with Crippen molar-refractivity contribution in [2.45, 2.75) is 6.42 Å². The first-order chi connectivity index (χ1) is 13.6. The molecule has 1 aromatic heterocycles. The number of aromatic nitrogens is 1. The number of hydrogen-bond donors (Lipinski definition) is 1. The number of benzene rings is 2. The summed E-state index contributed by atoms with van der Waals surface area (Å²) in [6, 6.07) is 12.8. The largest absolute Gasteiger partial charge is 0.497 e. The van der Waals surface area contributed by atoms with Crippen molar-refractivity contribution in [2.24, 2.45) is 5.92 Å². The molecule has 144 valence electrons. The van der Waals surface area contributed by atoms with Crippen molar-refractivity contribution in [2.75, 3.05) is 31.0 Å². The van der Waals surface area contributed by atoms with Gasteiger partial charge >= 0.3 is 0 Å². The van der Waals surface area contributed by atoms with Gasteiger partial charge in [0.2, 0.25) is 11.8 Å². The van der Waals surface area contributed by atoms with Gasteiger partial charge in [-0.3, -0.25) is 9.59 Å². The zero-order chi connectivity index (χ0) is 19.7. The third kappa shape index (κ3) is 3.50. The lowest BCUT2D eigenvalue weighted by molar-refractivity contribution is -0.122. The van der Waals surface area contributed by atoms with Crippen LogP contribution in [-0.4, -0.2) is 37.6 Å². The molecular formula is C20H19N3O4S. The molecule has 1 atom stereocenters. The van der Waals surface area contributed by atoms with Crippen molar-refractivity contribution in [3.63, 3.8) is 0 Å². The van der Waals surface area contributed by atoms with Gasteiger partial charge in [0.05, 0.1) is 30.4 Å². The van der Waals surface area contributed by atoms with Crippen LogP contribution in [0.4, 0.5) is 10.8 Å². The molecule has 0 bridgehead atoms. The summed E-state index contributed by atoms with van der Waals surface area (Å²) in [6.07, 6.45) is 0.177. The highest BCUT2D eigenvalue weighted by Crippen LogP contribution is 2.31. The minimum absolute atomic E-state index is 0.0700. The molecule has 1 saturated heterocycles. The van der Waals surface area contributed by atoms with Crippen molar-refractivity contribution < 1.29 is 19.1 Å². The monoisotopic (exact) mass is 397 g/mol. The number of fused-ring (bicyclic) bond motifs is 1. The molecule has 8 heteroatoms. The molecule has 0 radical (unpaired) electrons. The van der Waals surface area contributed by atoms with Gasteiger partial charge in [-0.2, -0.15) is 0 Å². The summed E-state index contributed by atoms with van der Waals surface area (Å²) in [6.45, 7) is 0.343. The zero-order valence-electron chi connectivity index (χ0n) is 15.5. The van der Waals surface area contributed by atoms with Gasteiger partial charge < -0.3 is 19.7 Å². The fourth-order valence-corrected chi connectivity index (χ4v) is 4.08. The average Bonchev–Trinajstić information content (AvgIpc) is 3.30. The minimum Gasteiger partial charge on any atom is -0.497 e. The third-order valence-electron chi connectivity index (χ3n) is 4.71. The first-order valence-corrected chi connectivity index (χ1v) is 9.59. The van der Waals surface area contributed by atoms with E-state index in [1.54, 1.807) is 31.3 Å². The Morgan fingerprint density at radius 2 is 1.86 bits per heavy atom. The second-order valence-electron chi connectivity index (χ2n) is 6.45. The number of carbonyl (C=O) groups is 2. The van der Waals surface area contributed by atoms with Crippen molar-refractivity contribution in [1.82, 2.24) is 4.98 Å². The summed E-state index contributed by atoms with van der Waals surface area (Å²) in [4.78, 5) is 31.1. The molecule has 1 N–H and O–H groups in total. The molecule has 7 nitrogen and oxygen atoms in total. The van der Waals surface area contributed by atoms with Crippen LogP contribution in [0.2, 0.25) is 0 Å². The van der Waals surface area contributed by atoms with Crippen LogP contribution in [0.1, 0.15) is 6.42 Å². The normalized spacial score (nSPS) is 16.4. The fourth-order valence-electron chi connectivity index (χ4n) is 3.19. The van der Waals surface area contributed by atoms with E-state index in [1.807, 2.05) is 30.3 Å². The summed E-state index contributed by atoms with van der Waals surface area (Å²) in [5, 5.41) is 3.37. The van der Waals surface area contributed by atoms with E-state index in [0.717, 1.165) is 27.4 Å². The Bertz CT molecular complexity index is 1030. The van der Waals surface area contributed by atoms with Gasteiger partial charge in [-0.15, -0.1) is 0 Å². The molecule has 1 fully saturated rings. The van der Waals surface area contributed by atoms with Crippen molar-refractivity contribution in [3.8, 4) is 11.5 Å². The Labute approximate surface area is 165 Å². The van der Waals surface area contributed by atoms with E-state index < -0.39 is 5.92 Å². The standard InChI is InChI=1S/C20H19N3O4S/c1-26-14-5-3-13(4-6-14)23-11-12(9-18(23)24)19(25)22-20-21-16-8-7-15(27-2)10-17(16)28-20/h3-8,10,12H,9,11H2,1-2H3,(H,21,22,25)/t12-/m0/s1. The molecule has 0 saturated carbocycles. The number of hydrogen-bond acceptors (Lipinski definition) is 6. The Balaban J connectivity index is 1.45. The number of thiazole rings is 1. The molecule has 28 heavy (non-hydrogen) atoms. The number of methoxy groups -OCH3 is 2. The molecule has 0 spiro atoms. The molecule has 2 aromatic carbocycles. The van der Waals surface area contributed by atoms with Crippen LogP contribution in [0, 0.1) is 5.92 Å². The lowest BCUT2D eigenvalue weighted by Gasteiger charge is -2.16. The molecule has 0 aliphatic carbocycles. The smallest absolute Gasteiger partial charge is 0.231 e. The Hall–Kier alpha value is -3.13. The highest BCUT2D eigenvalue weighted by atomic mass is 32.1. The average molecular weight is 397 g/mol. The van der Waals surface area contributed by atoms with Crippen LogP contribution in [0.3, 0.4) is 0 Å². The van der Waals surface area contributed by atoms with Crippen molar-refractivity contribution >= 4 is 44.2 Å². The lowest BCUT2D eigenvalue weighted by atomic mass is 10.1. The van der Waals surface area contributed by atoms with Gasteiger partial charge in [0, 0.05) is 18.7 Å². The van der Waals surface area contributed by atoms with Crippen LogP contribution in [0.25, 0.3) is 10.2 Å². The molecule has 3 aromatic rings. The van der Waals surface area contributed by atoms with Crippen LogP contribution in [0.15, 0.2) is 42.5 Å². The van der Waals surface area contributed by atoms with Gasteiger partial charge in [-0.25, -0.2) is 4.98 Å². The maximum Gasteiger partial charge on any atom is 0.231 e. The quantitative estimate of drug-likeness (QED) is 0.714. The Morgan fingerprint density at radius 1 is 1.14 bits per heavy atom. The second kappa shape index (κ2) is 7.47. The third-order valence-corrected chi connectivity index (χ3v) is 5.64. The van der Waals surface area contributed by atoms with E-state index in [-0.39, 0.29) is 18.2 Å². The minimum atomic E-state index is -0.420. The van der Waals surface area contributed by atoms with E-state index in [0.29, 0.717) is 11.7 Å². The first kappa shape index (κ1) is 18.2. The molecule has 2 heterocycles. The summed E-state index contributed by atoms with van der Waals surface area (Å²) in [7, 11) is 3.20. The maximum atomic E-state index is 12.7. The molecule has 2 amide bonds.